The molecule has 1 aromatic rings. The third-order valence-corrected chi connectivity index (χ3v) is 6.68. The predicted octanol–water partition coefficient (Wildman–Crippen LogP) is 2.00. The molecule has 4 aliphatic carbocycles. The molecule has 0 spiro atoms. The number of nitro benzene ring substituents is 1. The second-order valence-corrected chi connectivity index (χ2v) is 7.91. The molecule has 0 N–H and O–H groups in total. The maximum Gasteiger partial charge on any atom is 0.311 e. The lowest BCUT2D eigenvalue weighted by molar-refractivity contribution is -0.385. The average Bonchev–Trinajstić information content (AvgIpc) is 3.50. The number of nitrogens with zero attached hydrogens (tertiary/aromatic N) is 3. The maximum atomic E-state index is 13.0. The van der Waals surface area contributed by atoms with Gasteiger partial charge in [-0.15, -0.1) is 0 Å². The van der Waals surface area contributed by atoms with Crippen LogP contribution in [-0.2, 0) is 9.59 Å². The van der Waals surface area contributed by atoms with Gasteiger partial charge in [-0.1, -0.05) is 12.2 Å². The number of hydrogen-bond acceptors (Lipinski definition) is 7. The van der Waals surface area contributed by atoms with Crippen LogP contribution >= 0.6 is 0 Å². The first-order valence-corrected chi connectivity index (χ1v) is 9.46. The summed E-state index contributed by atoms with van der Waals surface area (Å²) in [5.41, 5.74) is 0.0178. The van der Waals surface area contributed by atoms with Gasteiger partial charge in [-0.05, 0) is 30.1 Å². The van der Waals surface area contributed by atoms with Gasteiger partial charge in [0.05, 0.1) is 37.2 Å². The fourth-order valence-electron chi connectivity index (χ4n) is 5.32. The Morgan fingerprint density at radius 2 is 1.66 bits per heavy atom. The Kier molecular flexibility index (Phi) is 3.77. The van der Waals surface area contributed by atoms with Crippen molar-refractivity contribution in [3.05, 3.63) is 40.0 Å². The van der Waals surface area contributed by atoms with Crippen molar-refractivity contribution in [2.75, 3.05) is 14.2 Å². The van der Waals surface area contributed by atoms with Crippen LogP contribution in [0.3, 0.4) is 0 Å². The summed E-state index contributed by atoms with van der Waals surface area (Å²) >= 11 is 0. The number of amides is 2. The summed E-state index contributed by atoms with van der Waals surface area (Å²) in [6, 6.07) is 2.63. The fourth-order valence-corrected chi connectivity index (χ4v) is 5.32. The zero-order valence-corrected chi connectivity index (χ0v) is 15.8. The largest absolute Gasteiger partial charge is 0.496 e. The molecule has 9 nitrogen and oxygen atoms in total. The molecule has 1 saturated heterocycles. The van der Waals surface area contributed by atoms with Crippen LogP contribution in [0.25, 0.3) is 0 Å². The Morgan fingerprint density at radius 1 is 1.07 bits per heavy atom. The number of hydrazone groups is 1. The zero-order chi connectivity index (χ0) is 20.4. The first-order valence-electron chi connectivity index (χ1n) is 9.46. The Bertz CT molecular complexity index is 966. The number of nitro groups is 1. The van der Waals surface area contributed by atoms with Crippen LogP contribution < -0.4 is 9.47 Å². The van der Waals surface area contributed by atoms with Gasteiger partial charge in [0.2, 0.25) is 5.75 Å². The van der Waals surface area contributed by atoms with E-state index in [2.05, 4.69) is 17.3 Å². The number of ether oxygens (including phenoxy) is 2. The van der Waals surface area contributed by atoms with Crippen molar-refractivity contribution in [1.82, 2.24) is 5.01 Å². The minimum atomic E-state index is -0.577. The number of rotatable bonds is 5. The predicted molar refractivity (Wildman–Crippen MR) is 100 cm³/mol. The standard InChI is InChI=1S/C20H19N3O6/c1-28-15-7-16(29-2)14(23(26)27)5-9(15)8-21-22-19(24)17-10-3-4-11(13-6-12(10)13)18(17)20(22)25/h3-5,7-8,10-13,17-18H,6H2,1-2H3/b21-8-/t10-,11-,12-,13+,17-,18+/m0/s1. The van der Waals surface area contributed by atoms with Gasteiger partial charge < -0.3 is 9.47 Å². The highest BCUT2D eigenvalue weighted by atomic mass is 16.6. The minimum Gasteiger partial charge on any atom is -0.496 e. The van der Waals surface area contributed by atoms with Crippen LogP contribution in [0.1, 0.15) is 12.0 Å². The Labute approximate surface area is 166 Å². The van der Waals surface area contributed by atoms with Gasteiger partial charge >= 0.3 is 5.69 Å². The van der Waals surface area contributed by atoms with Gasteiger partial charge in [-0.25, -0.2) is 0 Å². The van der Waals surface area contributed by atoms with Crippen LogP contribution in [0.15, 0.2) is 29.4 Å². The molecule has 2 saturated carbocycles. The molecule has 1 aliphatic heterocycles. The molecule has 6 rings (SSSR count). The van der Waals surface area contributed by atoms with Crippen molar-refractivity contribution < 1.29 is 24.0 Å². The summed E-state index contributed by atoms with van der Waals surface area (Å²) in [5.74, 6) is 0.321. The Balaban J connectivity index is 1.47. The second-order valence-electron chi connectivity index (χ2n) is 7.91. The number of carbonyl (C=O) groups is 2. The molecule has 1 heterocycles. The van der Waals surface area contributed by atoms with Crippen LogP contribution in [0.5, 0.6) is 11.5 Å². The lowest BCUT2D eigenvalue weighted by Crippen LogP contribution is -2.40. The SMILES string of the molecule is COc1cc(OC)c([N+](=O)[O-])cc1/C=N\N1C(=O)[C@@H]2[C@H]3C=C[C@@H]([C@@H]4C[C@H]34)[C@@H]2C1=O. The van der Waals surface area contributed by atoms with E-state index in [9.17, 15) is 19.7 Å². The molecular weight excluding hydrogens is 378 g/mol. The van der Waals surface area contributed by atoms with Crippen molar-refractivity contribution in [2.45, 2.75) is 6.42 Å². The van der Waals surface area contributed by atoms with Crippen molar-refractivity contribution >= 4 is 23.7 Å². The highest BCUT2D eigenvalue weighted by Crippen LogP contribution is 2.65. The lowest BCUT2D eigenvalue weighted by atomic mass is 9.63. The van der Waals surface area contributed by atoms with Crippen molar-refractivity contribution in [2.24, 2.45) is 40.6 Å². The van der Waals surface area contributed by atoms with E-state index in [-0.39, 0.29) is 58.2 Å². The molecule has 0 radical (unpaired) electrons. The van der Waals surface area contributed by atoms with E-state index in [1.807, 2.05) is 0 Å². The quantitative estimate of drug-likeness (QED) is 0.247. The van der Waals surface area contributed by atoms with Gasteiger partial charge in [0.1, 0.15) is 5.75 Å². The minimum absolute atomic E-state index is 0.0465. The molecule has 150 valence electrons. The van der Waals surface area contributed by atoms with E-state index in [0.29, 0.717) is 11.8 Å². The molecule has 6 atom stereocenters. The van der Waals surface area contributed by atoms with Gasteiger partial charge in [-0.3, -0.25) is 19.7 Å². The first kappa shape index (κ1) is 17.8. The van der Waals surface area contributed by atoms with Crippen LogP contribution in [0, 0.1) is 45.6 Å². The van der Waals surface area contributed by atoms with E-state index >= 15 is 0 Å². The summed E-state index contributed by atoms with van der Waals surface area (Å²) in [6.07, 6.45) is 6.53. The summed E-state index contributed by atoms with van der Waals surface area (Å²) in [4.78, 5) is 36.6. The van der Waals surface area contributed by atoms with E-state index in [1.165, 1.54) is 32.6 Å². The third-order valence-electron chi connectivity index (χ3n) is 6.68. The molecule has 2 amide bonds. The summed E-state index contributed by atoms with van der Waals surface area (Å²) in [7, 11) is 2.74. The average molecular weight is 397 g/mol. The van der Waals surface area contributed by atoms with E-state index in [0.717, 1.165) is 11.4 Å². The molecule has 9 heteroatoms. The number of hydrogen-bond donors (Lipinski definition) is 0. The van der Waals surface area contributed by atoms with Gasteiger partial charge in [-0.2, -0.15) is 10.1 Å². The number of allylic oxidation sites excluding steroid dienone is 2. The number of imide groups is 1. The molecule has 29 heavy (non-hydrogen) atoms. The number of benzene rings is 1. The highest BCUT2D eigenvalue weighted by molar-refractivity contribution is 6.06. The van der Waals surface area contributed by atoms with Crippen LogP contribution in [0.4, 0.5) is 5.69 Å². The first-order chi connectivity index (χ1) is 14.0. The molecule has 3 fully saturated rings. The molecule has 0 unspecified atom stereocenters. The fraction of sp³-hybridized carbons (Fsp3) is 0.450. The third kappa shape index (κ3) is 2.43. The number of methoxy groups -OCH3 is 2. The van der Waals surface area contributed by atoms with E-state index in [4.69, 9.17) is 9.47 Å². The van der Waals surface area contributed by atoms with Crippen LogP contribution in [-0.4, -0.2) is 42.2 Å². The molecular formula is C20H19N3O6. The molecule has 0 aromatic heterocycles. The molecule has 2 bridgehead atoms. The number of carbonyl (C=O) groups excluding carboxylic acids is 2. The monoisotopic (exact) mass is 397 g/mol. The Morgan fingerprint density at radius 3 is 2.17 bits per heavy atom. The smallest absolute Gasteiger partial charge is 0.311 e. The summed E-state index contributed by atoms with van der Waals surface area (Å²) in [6.45, 7) is 0. The molecule has 1 aromatic carbocycles. The highest BCUT2D eigenvalue weighted by Gasteiger charge is 2.67. The summed E-state index contributed by atoms with van der Waals surface area (Å²) < 4.78 is 10.3. The van der Waals surface area contributed by atoms with Crippen molar-refractivity contribution in [3.8, 4) is 11.5 Å². The van der Waals surface area contributed by atoms with E-state index < -0.39 is 4.92 Å². The van der Waals surface area contributed by atoms with Gasteiger partial charge in [0, 0.05) is 17.7 Å². The lowest BCUT2D eigenvalue weighted by Gasteiger charge is -2.37. The van der Waals surface area contributed by atoms with Gasteiger partial charge in [0.25, 0.3) is 11.8 Å². The van der Waals surface area contributed by atoms with Crippen molar-refractivity contribution in [3.63, 3.8) is 0 Å². The zero-order valence-electron chi connectivity index (χ0n) is 15.8. The normalized spacial score (nSPS) is 33.8. The van der Waals surface area contributed by atoms with Crippen molar-refractivity contribution in [1.29, 1.82) is 0 Å². The topological polar surface area (TPSA) is 111 Å². The maximum absolute atomic E-state index is 13.0. The Hall–Kier alpha value is -3.23. The van der Waals surface area contributed by atoms with Crippen LogP contribution in [0.2, 0.25) is 0 Å². The summed E-state index contributed by atoms with van der Waals surface area (Å²) in [5, 5.41) is 16.3. The van der Waals surface area contributed by atoms with Gasteiger partial charge in [0.15, 0.2) is 0 Å². The molecule has 5 aliphatic rings. The van der Waals surface area contributed by atoms with E-state index in [1.54, 1.807) is 0 Å². The second kappa shape index (κ2) is 6.13.